The summed E-state index contributed by atoms with van der Waals surface area (Å²) in [7, 11) is 0. The largest absolute Gasteiger partial charge is 0.230 e. The zero-order chi connectivity index (χ0) is 10.7. The molecular formula is C8H7NO3S3. The van der Waals surface area contributed by atoms with E-state index in [9.17, 15) is 0 Å². The van der Waals surface area contributed by atoms with Crippen LogP contribution in [0.25, 0.3) is 10.2 Å². The average Bonchev–Trinajstić information content (AvgIpc) is 2.68. The number of thiazole rings is 1. The lowest BCUT2D eigenvalue weighted by molar-refractivity contribution is -0.432. The topological polar surface area (TPSA) is 51.6 Å². The van der Waals surface area contributed by atoms with Gasteiger partial charge in [0.05, 0.1) is 22.3 Å². The summed E-state index contributed by atoms with van der Waals surface area (Å²) in [5, 5.41) is 11.5. The second kappa shape index (κ2) is 5.15. The third-order valence-corrected chi connectivity index (χ3v) is 4.27. The Kier molecular flexibility index (Phi) is 3.84. The summed E-state index contributed by atoms with van der Waals surface area (Å²) >= 11 is 4.21. The molecule has 0 aliphatic rings. The average molecular weight is 261 g/mol. The molecule has 1 N–H and O–H groups in total. The van der Waals surface area contributed by atoms with E-state index in [4.69, 9.17) is 5.26 Å². The highest BCUT2D eigenvalue weighted by molar-refractivity contribution is 8.00. The smallest absolute Gasteiger partial charge is 0.150 e. The van der Waals surface area contributed by atoms with Crippen LogP contribution in [0.15, 0.2) is 27.4 Å². The first-order chi connectivity index (χ1) is 7.33. The summed E-state index contributed by atoms with van der Waals surface area (Å²) in [6.07, 6.45) is 2.00. The predicted molar refractivity (Wildman–Crippen MR) is 62.1 cm³/mol. The molecule has 0 saturated carbocycles. The van der Waals surface area contributed by atoms with Crippen LogP contribution < -0.4 is 0 Å². The fraction of sp³-hybridized carbons (Fsp3) is 0.125. The fourth-order valence-corrected chi connectivity index (χ4v) is 2.94. The van der Waals surface area contributed by atoms with Crippen LogP contribution in [0.2, 0.25) is 0 Å². The van der Waals surface area contributed by atoms with Crippen molar-refractivity contribution in [3.05, 3.63) is 18.2 Å². The summed E-state index contributed by atoms with van der Waals surface area (Å²) < 4.78 is 6.51. The summed E-state index contributed by atoms with van der Waals surface area (Å²) in [5.74, 6) is 0. The molecule has 0 amide bonds. The number of aromatic nitrogens is 1. The van der Waals surface area contributed by atoms with Crippen molar-refractivity contribution < 1.29 is 14.6 Å². The molecule has 0 atom stereocenters. The van der Waals surface area contributed by atoms with Gasteiger partial charge in [-0.15, -0.1) is 15.7 Å². The molecule has 1 heterocycles. The Bertz CT molecular complexity index is 459. The van der Waals surface area contributed by atoms with Crippen molar-refractivity contribution in [2.24, 2.45) is 0 Å². The summed E-state index contributed by atoms with van der Waals surface area (Å²) in [5.41, 5.74) is 0.927. The summed E-state index contributed by atoms with van der Waals surface area (Å²) in [6.45, 7) is 0. The van der Waals surface area contributed by atoms with Gasteiger partial charge in [0.2, 0.25) is 0 Å². The minimum absolute atomic E-state index is 0.828. The molecule has 2 rings (SSSR count). The fourth-order valence-electron chi connectivity index (χ4n) is 1.08. The second-order valence-corrected chi connectivity index (χ2v) is 5.40. The van der Waals surface area contributed by atoms with Gasteiger partial charge in [0.1, 0.15) is 0 Å². The molecule has 0 aliphatic heterocycles. The van der Waals surface area contributed by atoms with Crippen molar-refractivity contribution >= 4 is 45.4 Å². The van der Waals surface area contributed by atoms with Gasteiger partial charge in [-0.1, -0.05) is 16.8 Å². The second-order valence-electron chi connectivity index (χ2n) is 2.54. The van der Waals surface area contributed by atoms with Crippen molar-refractivity contribution in [2.45, 2.75) is 9.24 Å². The molecule has 7 heteroatoms. The number of benzene rings is 1. The number of hydrogen-bond acceptors (Lipinski definition) is 7. The minimum atomic E-state index is 0.828. The van der Waals surface area contributed by atoms with Crippen molar-refractivity contribution in [2.75, 3.05) is 6.26 Å². The lowest BCUT2D eigenvalue weighted by atomic mass is 10.3. The number of nitrogens with zero attached hydrogens (tertiary/aromatic N) is 1. The Balaban J connectivity index is 2.29. The molecule has 0 spiro atoms. The number of fused-ring (bicyclic) bond motifs is 1. The van der Waals surface area contributed by atoms with Gasteiger partial charge in [0.25, 0.3) is 0 Å². The maximum atomic E-state index is 8.02. The predicted octanol–water partition coefficient (Wildman–Crippen LogP) is 3.45. The van der Waals surface area contributed by atoms with E-state index in [0.29, 0.717) is 0 Å². The molecule has 0 bridgehead atoms. The van der Waals surface area contributed by atoms with Crippen LogP contribution >= 0.6 is 35.1 Å². The standard InChI is InChI=1S/C8H7NO3S3/c1-13-8-9-6-4-5(15-12-11-10)2-3-7(6)14-8/h2-4,10H,1H3. The first-order valence-electron chi connectivity index (χ1n) is 3.93. The molecule has 0 radical (unpaired) electrons. The van der Waals surface area contributed by atoms with Crippen LogP contribution in [0, 0.1) is 0 Å². The maximum absolute atomic E-state index is 8.02. The maximum Gasteiger partial charge on any atom is 0.150 e. The van der Waals surface area contributed by atoms with Crippen LogP contribution in [0.4, 0.5) is 0 Å². The van der Waals surface area contributed by atoms with Crippen LogP contribution in [0.5, 0.6) is 0 Å². The van der Waals surface area contributed by atoms with E-state index in [1.807, 2.05) is 24.5 Å². The molecule has 1 aromatic heterocycles. The molecule has 80 valence electrons. The highest BCUT2D eigenvalue weighted by atomic mass is 32.2. The highest BCUT2D eigenvalue weighted by Crippen LogP contribution is 2.31. The Morgan fingerprint density at radius 2 is 2.33 bits per heavy atom. The molecule has 0 fully saturated rings. The minimum Gasteiger partial charge on any atom is -0.230 e. The molecular weight excluding hydrogens is 254 g/mol. The van der Waals surface area contributed by atoms with Crippen molar-refractivity contribution in [3.63, 3.8) is 0 Å². The van der Waals surface area contributed by atoms with E-state index >= 15 is 0 Å². The summed E-state index contributed by atoms with van der Waals surface area (Å²) in [4.78, 5) is 5.24. The molecule has 1 aromatic carbocycles. The van der Waals surface area contributed by atoms with Gasteiger partial charge in [0.15, 0.2) is 4.34 Å². The SMILES string of the molecule is CSc1nc2cc(SOOO)ccc2s1. The van der Waals surface area contributed by atoms with Crippen molar-refractivity contribution in [3.8, 4) is 0 Å². The molecule has 2 aromatic rings. The molecule has 0 saturated heterocycles. The van der Waals surface area contributed by atoms with Gasteiger partial charge >= 0.3 is 0 Å². The van der Waals surface area contributed by atoms with E-state index in [1.165, 1.54) is 0 Å². The normalized spacial score (nSPS) is 11.1. The van der Waals surface area contributed by atoms with Gasteiger partial charge in [0, 0.05) is 4.90 Å². The molecule has 4 nitrogen and oxygen atoms in total. The molecule has 0 aliphatic carbocycles. The van der Waals surface area contributed by atoms with Gasteiger partial charge in [-0.05, 0) is 24.5 Å². The van der Waals surface area contributed by atoms with E-state index in [2.05, 4.69) is 14.4 Å². The zero-order valence-electron chi connectivity index (χ0n) is 7.67. The van der Waals surface area contributed by atoms with E-state index < -0.39 is 0 Å². The van der Waals surface area contributed by atoms with Gasteiger partial charge in [-0.2, -0.15) is 0 Å². The Hall–Kier alpha value is -0.310. The number of thioether (sulfide) groups is 1. The number of hydrogen-bond donors (Lipinski definition) is 1. The molecule has 15 heavy (non-hydrogen) atoms. The van der Waals surface area contributed by atoms with E-state index in [1.54, 1.807) is 23.1 Å². The summed E-state index contributed by atoms with van der Waals surface area (Å²) in [6, 6.07) is 5.74. The highest BCUT2D eigenvalue weighted by Gasteiger charge is 2.04. The van der Waals surface area contributed by atoms with E-state index in [-0.39, 0.29) is 0 Å². The Morgan fingerprint density at radius 1 is 1.47 bits per heavy atom. The Labute approximate surface area is 98.7 Å². The number of rotatable bonds is 4. The van der Waals surface area contributed by atoms with Gasteiger partial charge < -0.3 is 0 Å². The van der Waals surface area contributed by atoms with Crippen molar-refractivity contribution in [1.82, 2.24) is 4.98 Å². The van der Waals surface area contributed by atoms with Crippen LogP contribution in [-0.4, -0.2) is 16.5 Å². The monoisotopic (exact) mass is 261 g/mol. The Morgan fingerprint density at radius 3 is 3.07 bits per heavy atom. The van der Waals surface area contributed by atoms with Crippen molar-refractivity contribution in [1.29, 1.82) is 0 Å². The lowest BCUT2D eigenvalue weighted by Gasteiger charge is -1.95. The van der Waals surface area contributed by atoms with Gasteiger partial charge in [-0.3, -0.25) is 0 Å². The van der Waals surface area contributed by atoms with Gasteiger partial charge in [-0.25, -0.2) is 10.2 Å². The van der Waals surface area contributed by atoms with E-state index in [0.717, 1.165) is 31.5 Å². The third-order valence-electron chi connectivity index (χ3n) is 1.67. The first-order valence-corrected chi connectivity index (χ1v) is 6.71. The quantitative estimate of drug-likeness (QED) is 0.394. The van der Waals surface area contributed by atoms with Crippen LogP contribution in [-0.2, 0) is 9.37 Å². The molecule has 0 unspecified atom stereocenters. The lowest BCUT2D eigenvalue weighted by Crippen LogP contribution is -1.78. The first kappa shape index (κ1) is 11.2. The zero-order valence-corrected chi connectivity index (χ0v) is 10.1. The van der Waals surface area contributed by atoms with Crippen LogP contribution in [0.3, 0.4) is 0 Å². The van der Waals surface area contributed by atoms with Crippen LogP contribution in [0.1, 0.15) is 0 Å². The third kappa shape index (κ3) is 2.63.